The fourth-order valence-electron chi connectivity index (χ4n) is 3.14. The topological polar surface area (TPSA) is 81.0 Å². The van der Waals surface area contributed by atoms with E-state index in [4.69, 9.17) is 0 Å². The lowest BCUT2D eigenvalue weighted by Gasteiger charge is -2.14. The van der Waals surface area contributed by atoms with E-state index in [0.717, 1.165) is 36.5 Å². The Morgan fingerprint density at radius 2 is 2.12 bits per heavy atom. The fraction of sp³-hybridized carbons (Fsp3) is 0.562. The molecule has 1 atom stereocenters. The molecule has 7 nitrogen and oxygen atoms in total. The lowest BCUT2D eigenvalue weighted by Crippen LogP contribution is -2.27. The normalized spacial score (nSPS) is 19.0. The van der Waals surface area contributed by atoms with Gasteiger partial charge in [-0.25, -0.2) is 22.7 Å². The van der Waals surface area contributed by atoms with E-state index in [2.05, 4.69) is 22.0 Å². The van der Waals surface area contributed by atoms with E-state index < -0.39 is 10.0 Å². The first-order valence-corrected chi connectivity index (χ1v) is 10.1. The summed E-state index contributed by atoms with van der Waals surface area (Å²) >= 11 is 0. The standard InChI is InChI=1S/C16H23N5O2S/c1-4-8-21-16(5-7-17-21)15-10-14(18-12(2)19-15)13-6-9-20(11-13)24(3,22)23/h5,7,10,13H,4,6,8-9,11H2,1-3H3/t13-/m0/s1. The minimum atomic E-state index is -3.15. The average molecular weight is 349 g/mol. The van der Waals surface area contributed by atoms with E-state index in [9.17, 15) is 8.42 Å². The van der Waals surface area contributed by atoms with Crippen LogP contribution in [0.15, 0.2) is 18.3 Å². The van der Waals surface area contributed by atoms with E-state index >= 15 is 0 Å². The maximum absolute atomic E-state index is 11.7. The lowest BCUT2D eigenvalue weighted by atomic mass is 10.0. The minimum absolute atomic E-state index is 0.114. The second kappa shape index (κ2) is 6.60. The van der Waals surface area contributed by atoms with Crippen molar-refractivity contribution in [3.8, 4) is 11.4 Å². The third kappa shape index (κ3) is 3.49. The highest BCUT2D eigenvalue weighted by molar-refractivity contribution is 7.88. The van der Waals surface area contributed by atoms with Crippen molar-refractivity contribution < 1.29 is 8.42 Å². The van der Waals surface area contributed by atoms with E-state index in [-0.39, 0.29) is 5.92 Å². The van der Waals surface area contributed by atoms with Gasteiger partial charge in [0.2, 0.25) is 10.0 Å². The van der Waals surface area contributed by atoms with Crippen molar-refractivity contribution >= 4 is 10.0 Å². The number of sulfonamides is 1. The predicted octanol–water partition coefficient (Wildman–Crippen LogP) is 1.81. The smallest absolute Gasteiger partial charge is 0.211 e. The van der Waals surface area contributed by atoms with Gasteiger partial charge in [0.25, 0.3) is 0 Å². The number of hydrogen-bond acceptors (Lipinski definition) is 5. The van der Waals surface area contributed by atoms with E-state index in [0.29, 0.717) is 18.9 Å². The van der Waals surface area contributed by atoms with Gasteiger partial charge in [0, 0.05) is 37.4 Å². The Morgan fingerprint density at radius 1 is 1.33 bits per heavy atom. The van der Waals surface area contributed by atoms with Crippen LogP contribution in [0.25, 0.3) is 11.4 Å². The number of aromatic nitrogens is 4. The molecule has 0 aliphatic carbocycles. The Hall–Kier alpha value is -1.80. The summed E-state index contributed by atoms with van der Waals surface area (Å²) in [7, 11) is -3.15. The Balaban J connectivity index is 1.91. The van der Waals surface area contributed by atoms with Gasteiger partial charge in [-0.1, -0.05) is 6.92 Å². The summed E-state index contributed by atoms with van der Waals surface area (Å²) in [5.41, 5.74) is 2.73. The number of rotatable bonds is 5. The highest BCUT2D eigenvalue weighted by Gasteiger charge is 2.30. The van der Waals surface area contributed by atoms with E-state index in [1.54, 1.807) is 6.20 Å². The third-order valence-electron chi connectivity index (χ3n) is 4.31. The zero-order chi connectivity index (χ0) is 17.3. The largest absolute Gasteiger partial charge is 0.263 e. The molecule has 130 valence electrons. The Morgan fingerprint density at radius 3 is 2.79 bits per heavy atom. The lowest BCUT2D eigenvalue weighted by molar-refractivity contribution is 0.477. The van der Waals surface area contributed by atoms with Gasteiger partial charge in [-0.2, -0.15) is 5.10 Å². The van der Waals surface area contributed by atoms with Crippen LogP contribution in [0, 0.1) is 6.92 Å². The number of nitrogens with zero attached hydrogens (tertiary/aromatic N) is 5. The Bertz CT molecular complexity index is 831. The molecule has 3 heterocycles. The van der Waals surface area contributed by atoms with Gasteiger partial charge in [0.05, 0.1) is 17.6 Å². The van der Waals surface area contributed by atoms with Crippen molar-refractivity contribution in [2.75, 3.05) is 19.3 Å². The van der Waals surface area contributed by atoms with Gasteiger partial charge in [0.1, 0.15) is 5.82 Å². The zero-order valence-corrected chi connectivity index (χ0v) is 15.1. The van der Waals surface area contributed by atoms with Crippen LogP contribution < -0.4 is 0 Å². The molecule has 0 saturated carbocycles. The first-order chi connectivity index (χ1) is 11.4. The van der Waals surface area contributed by atoms with Gasteiger partial charge < -0.3 is 0 Å². The summed E-state index contributed by atoms with van der Waals surface area (Å²) in [5, 5.41) is 4.35. The predicted molar refractivity (Wildman–Crippen MR) is 92.1 cm³/mol. The molecule has 0 unspecified atom stereocenters. The van der Waals surface area contributed by atoms with Crippen molar-refractivity contribution in [3.63, 3.8) is 0 Å². The van der Waals surface area contributed by atoms with Gasteiger partial charge in [-0.3, -0.25) is 4.68 Å². The summed E-state index contributed by atoms with van der Waals surface area (Å²) in [6.45, 7) is 5.86. The summed E-state index contributed by atoms with van der Waals surface area (Å²) in [4.78, 5) is 9.11. The monoisotopic (exact) mass is 349 g/mol. The highest BCUT2D eigenvalue weighted by Crippen LogP contribution is 2.29. The van der Waals surface area contributed by atoms with E-state index in [1.807, 2.05) is 23.7 Å². The average Bonchev–Trinajstić information content (AvgIpc) is 3.15. The van der Waals surface area contributed by atoms with Crippen LogP contribution in [0.2, 0.25) is 0 Å². The Kier molecular flexibility index (Phi) is 4.69. The summed E-state index contributed by atoms with van der Waals surface area (Å²) in [5.74, 6) is 0.812. The van der Waals surface area contributed by atoms with Crippen LogP contribution in [-0.2, 0) is 16.6 Å². The van der Waals surface area contributed by atoms with Crippen LogP contribution in [0.3, 0.4) is 0 Å². The number of aryl methyl sites for hydroxylation is 2. The molecular formula is C16H23N5O2S. The molecule has 1 aliphatic heterocycles. The van der Waals surface area contributed by atoms with Crippen molar-refractivity contribution in [3.05, 3.63) is 29.8 Å². The van der Waals surface area contributed by atoms with Gasteiger partial charge in [-0.15, -0.1) is 0 Å². The molecule has 1 aliphatic rings. The quantitative estimate of drug-likeness (QED) is 0.822. The van der Waals surface area contributed by atoms with Crippen molar-refractivity contribution in [1.82, 2.24) is 24.1 Å². The molecule has 8 heteroatoms. The molecule has 2 aromatic heterocycles. The molecule has 24 heavy (non-hydrogen) atoms. The zero-order valence-electron chi connectivity index (χ0n) is 14.3. The molecule has 0 N–H and O–H groups in total. The van der Waals surface area contributed by atoms with Crippen molar-refractivity contribution in [2.45, 2.75) is 39.2 Å². The molecule has 1 saturated heterocycles. The van der Waals surface area contributed by atoms with Crippen LogP contribution in [-0.4, -0.2) is 51.8 Å². The Labute approximate surface area is 142 Å². The molecule has 0 amide bonds. The summed E-state index contributed by atoms with van der Waals surface area (Å²) < 4.78 is 26.9. The molecule has 1 fully saturated rings. The van der Waals surface area contributed by atoms with Crippen LogP contribution in [0.5, 0.6) is 0 Å². The second-order valence-electron chi connectivity index (χ2n) is 6.27. The molecule has 2 aromatic rings. The van der Waals surface area contributed by atoms with Gasteiger partial charge >= 0.3 is 0 Å². The molecule has 3 rings (SSSR count). The minimum Gasteiger partial charge on any atom is -0.263 e. The van der Waals surface area contributed by atoms with Crippen molar-refractivity contribution in [2.24, 2.45) is 0 Å². The first kappa shape index (κ1) is 17.0. The first-order valence-electron chi connectivity index (χ1n) is 8.21. The van der Waals surface area contributed by atoms with Gasteiger partial charge in [-0.05, 0) is 31.9 Å². The maximum Gasteiger partial charge on any atom is 0.211 e. The third-order valence-corrected chi connectivity index (χ3v) is 5.58. The molecule has 0 bridgehead atoms. The molecular weight excluding hydrogens is 326 g/mol. The van der Waals surface area contributed by atoms with Gasteiger partial charge in [0.15, 0.2) is 0 Å². The summed E-state index contributed by atoms with van der Waals surface area (Å²) in [6.07, 6.45) is 4.83. The SMILES string of the molecule is CCCn1nccc1-c1cc([C@H]2CCN(S(C)(=O)=O)C2)nc(C)n1. The maximum atomic E-state index is 11.7. The fourth-order valence-corrected chi connectivity index (χ4v) is 4.03. The van der Waals surface area contributed by atoms with Crippen molar-refractivity contribution in [1.29, 1.82) is 0 Å². The number of hydrogen-bond donors (Lipinski definition) is 0. The van der Waals surface area contributed by atoms with Crippen LogP contribution in [0.4, 0.5) is 0 Å². The van der Waals surface area contributed by atoms with Crippen LogP contribution in [0.1, 0.15) is 37.2 Å². The molecule has 0 radical (unpaired) electrons. The van der Waals surface area contributed by atoms with E-state index in [1.165, 1.54) is 10.6 Å². The molecule has 0 aromatic carbocycles. The summed E-state index contributed by atoms with van der Waals surface area (Å²) in [6, 6.07) is 3.94. The molecule has 0 spiro atoms. The highest BCUT2D eigenvalue weighted by atomic mass is 32.2. The van der Waals surface area contributed by atoms with Crippen LogP contribution >= 0.6 is 0 Å². The second-order valence-corrected chi connectivity index (χ2v) is 8.25.